The smallest absolute Gasteiger partial charge is 0.316 e. The first-order valence-corrected chi connectivity index (χ1v) is 10.1. The minimum atomic E-state index is -0.142. The van der Waals surface area contributed by atoms with E-state index in [0.29, 0.717) is 43.2 Å². The number of carbonyl (C=O) groups is 2. The lowest BCUT2D eigenvalue weighted by Gasteiger charge is -2.31. The zero-order valence-corrected chi connectivity index (χ0v) is 17.2. The van der Waals surface area contributed by atoms with Crippen LogP contribution in [-0.2, 0) is 4.79 Å². The van der Waals surface area contributed by atoms with E-state index in [1.165, 1.54) is 6.92 Å². The highest BCUT2D eigenvalue weighted by molar-refractivity contribution is 5.95. The fourth-order valence-electron chi connectivity index (χ4n) is 3.48. The van der Waals surface area contributed by atoms with Crippen LogP contribution in [0, 0.1) is 0 Å². The molecule has 0 bridgehead atoms. The topological polar surface area (TPSA) is 97.3 Å². The molecule has 0 atom stereocenters. The summed E-state index contributed by atoms with van der Waals surface area (Å²) < 4.78 is 5.92. The van der Waals surface area contributed by atoms with Gasteiger partial charge in [-0.25, -0.2) is 9.97 Å². The van der Waals surface area contributed by atoms with Gasteiger partial charge < -0.3 is 15.0 Å². The minimum Gasteiger partial charge on any atom is -0.460 e. The SMILES string of the molecule is CC(=O)Nc1ccc(C(=O)N2CCC(Oc3ncc(-c4ccncc4)cn3)CC2)cc1. The summed E-state index contributed by atoms with van der Waals surface area (Å²) in [5.74, 6) is -0.164. The highest BCUT2D eigenvalue weighted by atomic mass is 16.5. The molecule has 4 rings (SSSR count). The molecule has 31 heavy (non-hydrogen) atoms. The van der Waals surface area contributed by atoms with Crippen molar-refractivity contribution in [3.8, 4) is 17.1 Å². The predicted octanol–water partition coefficient (Wildman–Crippen LogP) is 3.18. The van der Waals surface area contributed by atoms with E-state index in [4.69, 9.17) is 4.74 Å². The van der Waals surface area contributed by atoms with Gasteiger partial charge in [-0.3, -0.25) is 14.6 Å². The van der Waals surface area contributed by atoms with Gasteiger partial charge in [0.2, 0.25) is 5.91 Å². The Bertz CT molecular complexity index is 1030. The highest BCUT2D eigenvalue weighted by Gasteiger charge is 2.25. The minimum absolute atomic E-state index is 0.0224. The molecular formula is C23H23N5O3. The van der Waals surface area contributed by atoms with Crippen LogP contribution in [0.15, 0.2) is 61.2 Å². The lowest BCUT2D eigenvalue weighted by atomic mass is 10.1. The zero-order valence-electron chi connectivity index (χ0n) is 17.2. The van der Waals surface area contributed by atoms with Crippen molar-refractivity contribution < 1.29 is 14.3 Å². The largest absolute Gasteiger partial charge is 0.460 e. The molecule has 1 aliphatic heterocycles. The van der Waals surface area contributed by atoms with Crippen molar-refractivity contribution in [2.45, 2.75) is 25.9 Å². The van der Waals surface area contributed by atoms with E-state index in [9.17, 15) is 9.59 Å². The van der Waals surface area contributed by atoms with E-state index in [1.54, 1.807) is 49.1 Å². The molecule has 8 heteroatoms. The number of nitrogens with zero attached hydrogens (tertiary/aromatic N) is 4. The van der Waals surface area contributed by atoms with Crippen LogP contribution in [0.2, 0.25) is 0 Å². The molecule has 2 amide bonds. The van der Waals surface area contributed by atoms with Gasteiger partial charge in [-0.05, 0) is 42.0 Å². The summed E-state index contributed by atoms with van der Waals surface area (Å²) >= 11 is 0. The molecule has 1 aromatic carbocycles. The Morgan fingerprint density at radius 3 is 2.23 bits per heavy atom. The van der Waals surface area contributed by atoms with E-state index >= 15 is 0 Å². The normalized spacial score (nSPS) is 14.2. The van der Waals surface area contributed by atoms with Gasteiger partial charge in [0.15, 0.2) is 0 Å². The average molecular weight is 417 g/mol. The van der Waals surface area contributed by atoms with Crippen LogP contribution < -0.4 is 10.1 Å². The number of rotatable bonds is 5. The number of anilines is 1. The molecule has 158 valence electrons. The summed E-state index contributed by atoms with van der Waals surface area (Å²) in [5.41, 5.74) is 3.17. The van der Waals surface area contributed by atoms with Crippen LogP contribution in [0.25, 0.3) is 11.1 Å². The maximum atomic E-state index is 12.7. The fraction of sp³-hybridized carbons (Fsp3) is 0.261. The summed E-state index contributed by atoms with van der Waals surface area (Å²) in [6, 6.07) is 11.1. The van der Waals surface area contributed by atoms with Gasteiger partial charge in [0, 0.05) is 74.5 Å². The first-order chi connectivity index (χ1) is 15.1. The quantitative estimate of drug-likeness (QED) is 0.685. The van der Waals surface area contributed by atoms with E-state index in [0.717, 1.165) is 11.1 Å². The van der Waals surface area contributed by atoms with Crippen molar-refractivity contribution >= 4 is 17.5 Å². The summed E-state index contributed by atoms with van der Waals surface area (Å²) in [5, 5.41) is 2.70. The Morgan fingerprint density at radius 1 is 0.968 bits per heavy atom. The molecule has 0 spiro atoms. The van der Waals surface area contributed by atoms with Gasteiger partial charge in [0.1, 0.15) is 6.10 Å². The Labute approximate surface area is 180 Å². The number of carbonyl (C=O) groups excluding carboxylic acids is 2. The summed E-state index contributed by atoms with van der Waals surface area (Å²) in [6.07, 6.45) is 8.33. The standard InChI is InChI=1S/C23H23N5O3/c1-16(29)27-20-4-2-18(3-5-20)22(30)28-12-8-21(9-13-28)31-23-25-14-19(15-26-23)17-6-10-24-11-7-17/h2-7,10-11,14-15,21H,8-9,12-13H2,1H3,(H,27,29). The van der Waals surface area contributed by atoms with Crippen molar-refractivity contribution in [1.29, 1.82) is 0 Å². The molecule has 8 nitrogen and oxygen atoms in total. The number of piperidine rings is 1. The van der Waals surface area contributed by atoms with E-state index in [2.05, 4.69) is 20.3 Å². The molecule has 0 unspecified atom stereocenters. The van der Waals surface area contributed by atoms with Crippen LogP contribution in [0.4, 0.5) is 5.69 Å². The number of nitrogens with one attached hydrogen (secondary N) is 1. The Morgan fingerprint density at radius 2 is 1.61 bits per heavy atom. The third kappa shape index (κ3) is 5.22. The van der Waals surface area contributed by atoms with Gasteiger partial charge in [0.05, 0.1) is 0 Å². The monoisotopic (exact) mass is 417 g/mol. The molecule has 3 aromatic rings. The summed E-state index contributed by atoms with van der Waals surface area (Å²) in [6.45, 7) is 2.66. The summed E-state index contributed by atoms with van der Waals surface area (Å²) in [4.78, 5) is 38.3. The zero-order chi connectivity index (χ0) is 21.6. The molecule has 2 aromatic heterocycles. The fourth-order valence-corrected chi connectivity index (χ4v) is 3.48. The van der Waals surface area contributed by atoms with Crippen molar-refractivity contribution in [2.24, 2.45) is 0 Å². The molecule has 1 N–H and O–H groups in total. The average Bonchev–Trinajstić information content (AvgIpc) is 2.80. The van der Waals surface area contributed by atoms with Crippen molar-refractivity contribution in [3.63, 3.8) is 0 Å². The van der Waals surface area contributed by atoms with Crippen LogP contribution in [0.3, 0.4) is 0 Å². The number of aromatic nitrogens is 3. The van der Waals surface area contributed by atoms with Crippen LogP contribution in [0.5, 0.6) is 6.01 Å². The maximum absolute atomic E-state index is 12.7. The van der Waals surface area contributed by atoms with Crippen molar-refractivity contribution in [2.75, 3.05) is 18.4 Å². The van der Waals surface area contributed by atoms with Gasteiger partial charge in [-0.2, -0.15) is 0 Å². The third-order valence-corrected chi connectivity index (χ3v) is 5.10. The van der Waals surface area contributed by atoms with Gasteiger partial charge in [0.25, 0.3) is 5.91 Å². The molecular weight excluding hydrogens is 394 g/mol. The predicted molar refractivity (Wildman–Crippen MR) is 116 cm³/mol. The van der Waals surface area contributed by atoms with Gasteiger partial charge >= 0.3 is 6.01 Å². The van der Waals surface area contributed by atoms with Crippen LogP contribution >= 0.6 is 0 Å². The molecule has 0 aliphatic carbocycles. The lowest BCUT2D eigenvalue weighted by molar-refractivity contribution is -0.114. The molecule has 3 heterocycles. The van der Waals surface area contributed by atoms with Crippen LogP contribution in [-0.4, -0.2) is 50.9 Å². The summed E-state index contributed by atoms with van der Waals surface area (Å²) in [7, 11) is 0. The van der Waals surface area contributed by atoms with E-state index < -0.39 is 0 Å². The number of amides is 2. The molecule has 0 saturated carbocycles. The third-order valence-electron chi connectivity index (χ3n) is 5.10. The number of pyridine rings is 1. The molecule has 1 aliphatic rings. The Balaban J connectivity index is 1.29. The second kappa shape index (κ2) is 9.34. The second-order valence-corrected chi connectivity index (χ2v) is 7.36. The van der Waals surface area contributed by atoms with Gasteiger partial charge in [-0.1, -0.05) is 0 Å². The Kier molecular flexibility index (Phi) is 6.16. The molecule has 1 fully saturated rings. The second-order valence-electron chi connectivity index (χ2n) is 7.36. The first kappa shape index (κ1) is 20.5. The number of hydrogen-bond donors (Lipinski definition) is 1. The molecule has 1 saturated heterocycles. The highest BCUT2D eigenvalue weighted by Crippen LogP contribution is 2.21. The first-order valence-electron chi connectivity index (χ1n) is 10.1. The number of hydrogen-bond acceptors (Lipinski definition) is 6. The number of likely N-dealkylation sites (tertiary alicyclic amines) is 1. The van der Waals surface area contributed by atoms with E-state index in [-0.39, 0.29) is 17.9 Å². The van der Waals surface area contributed by atoms with Gasteiger partial charge in [-0.15, -0.1) is 0 Å². The lowest BCUT2D eigenvalue weighted by Crippen LogP contribution is -2.41. The Hall–Kier alpha value is -3.81. The van der Waals surface area contributed by atoms with Crippen molar-refractivity contribution in [3.05, 3.63) is 66.7 Å². The van der Waals surface area contributed by atoms with Crippen LogP contribution in [0.1, 0.15) is 30.1 Å². The number of ether oxygens (including phenoxy) is 1. The van der Waals surface area contributed by atoms with Crippen molar-refractivity contribution in [1.82, 2.24) is 19.9 Å². The number of benzene rings is 1. The molecule has 0 radical (unpaired) electrons. The maximum Gasteiger partial charge on any atom is 0.316 e. The van der Waals surface area contributed by atoms with E-state index in [1.807, 2.05) is 17.0 Å².